The molecule has 4 aromatic rings. The smallest absolute Gasteiger partial charge is 0.126 e. The summed E-state index contributed by atoms with van der Waals surface area (Å²) in [5, 5.41) is 0. The molecule has 5 nitrogen and oxygen atoms in total. The van der Waals surface area contributed by atoms with Gasteiger partial charge in [0.25, 0.3) is 0 Å². The highest BCUT2D eigenvalue weighted by Gasteiger charge is 2.38. The van der Waals surface area contributed by atoms with E-state index < -0.39 is 0 Å². The van der Waals surface area contributed by atoms with Crippen molar-refractivity contribution in [3.63, 3.8) is 0 Å². The maximum absolute atomic E-state index is 6.49. The maximum Gasteiger partial charge on any atom is 0.126 e. The zero-order valence-electron chi connectivity index (χ0n) is 19.9. The summed E-state index contributed by atoms with van der Waals surface area (Å²) in [5.41, 5.74) is 5.14. The van der Waals surface area contributed by atoms with Gasteiger partial charge in [-0.15, -0.1) is 0 Å². The molecule has 0 radical (unpaired) electrons. The minimum absolute atomic E-state index is 0.0913. The van der Waals surface area contributed by atoms with Gasteiger partial charge < -0.3 is 14.2 Å². The van der Waals surface area contributed by atoms with Crippen molar-refractivity contribution >= 4 is 0 Å². The topological polar surface area (TPSA) is 53.5 Å². The number of aromatic nitrogens is 2. The van der Waals surface area contributed by atoms with Gasteiger partial charge in [0, 0.05) is 12.0 Å². The summed E-state index contributed by atoms with van der Waals surface area (Å²) < 4.78 is 18.9. The molecule has 1 fully saturated rings. The van der Waals surface area contributed by atoms with E-state index in [1.807, 2.05) is 67.6 Å². The molecular formula is C30H30N2O3. The Morgan fingerprint density at radius 1 is 0.800 bits per heavy atom. The molecule has 0 saturated carbocycles. The Balaban J connectivity index is 1.31. The fourth-order valence-electron chi connectivity index (χ4n) is 4.39. The first kappa shape index (κ1) is 23.4. The predicted octanol–water partition coefficient (Wildman–Crippen LogP) is 6.08. The van der Waals surface area contributed by atoms with Crippen LogP contribution in [0.2, 0.25) is 0 Å². The molecule has 0 N–H and O–H groups in total. The van der Waals surface area contributed by atoms with Crippen molar-refractivity contribution in [3.05, 3.63) is 120 Å². The van der Waals surface area contributed by atoms with Gasteiger partial charge in [-0.1, -0.05) is 91.0 Å². The van der Waals surface area contributed by atoms with Crippen LogP contribution in [0, 0.1) is 6.92 Å². The molecule has 0 aliphatic carbocycles. The summed E-state index contributed by atoms with van der Waals surface area (Å²) in [4.78, 5) is 9.37. The number of nitrogens with zero attached hydrogens (tertiary/aromatic N) is 2. The number of benzene rings is 3. The van der Waals surface area contributed by atoms with E-state index >= 15 is 0 Å². The Bertz CT molecular complexity index is 1200. The van der Waals surface area contributed by atoms with Crippen molar-refractivity contribution in [2.45, 2.75) is 44.9 Å². The van der Waals surface area contributed by atoms with Crippen LogP contribution in [0.15, 0.2) is 97.1 Å². The van der Waals surface area contributed by atoms with Crippen molar-refractivity contribution in [1.29, 1.82) is 0 Å². The SMILES string of the molecule is Cc1nc(-c2ccccc2)cc(C2CC(OCc3ccccc3)C(COCc3ccccc3)O2)n1. The van der Waals surface area contributed by atoms with Gasteiger partial charge in [0.1, 0.15) is 18.0 Å². The molecule has 1 aliphatic rings. The van der Waals surface area contributed by atoms with Gasteiger partial charge in [0.15, 0.2) is 0 Å². The first-order chi connectivity index (χ1) is 17.2. The van der Waals surface area contributed by atoms with Crippen molar-refractivity contribution in [2.75, 3.05) is 6.61 Å². The molecule has 35 heavy (non-hydrogen) atoms. The zero-order chi connectivity index (χ0) is 23.9. The Hall–Kier alpha value is -3.38. The lowest BCUT2D eigenvalue weighted by Gasteiger charge is -2.19. The van der Waals surface area contributed by atoms with Crippen molar-refractivity contribution in [3.8, 4) is 11.3 Å². The van der Waals surface area contributed by atoms with E-state index in [4.69, 9.17) is 19.2 Å². The van der Waals surface area contributed by atoms with Crippen molar-refractivity contribution in [1.82, 2.24) is 9.97 Å². The van der Waals surface area contributed by atoms with Gasteiger partial charge in [-0.25, -0.2) is 9.97 Å². The summed E-state index contributed by atoms with van der Waals surface area (Å²) in [6.07, 6.45) is 0.274. The third-order valence-corrected chi connectivity index (χ3v) is 6.16. The van der Waals surface area contributed by atoms with Crippen LogP contribution in [-0.2, 0) is 27.4 Å². The molecule has 5 rings (SSSR count). The van der Waals surface area contributed by atoms with Gasteiger partial charge in [0.05, 0.1) is 37.3 Å². The van der Waals surface area contributed by atoms with E-state index in [0.717, 1.165) is 40.3 Å². The van der Waals surface area contributed by atoms with Crippen molar-refractivity contribution < 1.29 is 14.2 Å². The highest BCUT2D eigenvalue weighted by molar-refractivity contribution is 5.59. The molecular weight excluding hydrogens is 436 g/mol. The van der Waals surface area contributed by atoms with Crippen LogP contribution < -0.4 is 0 Å². The average molecular weight is 467 g/mol. The molecule has 3 atom stereocenters. The molecule has 1 saturated heterocycles. The summed E-state index contributed by atoms with van der Waals surface area (Å²) in [6.45, 7) is 3.46. The van der Waals surface area contributed by atoms with Crippen LogP contribution in [0.3, 0.4) is 0 Å². The Labute approximate surface area is 206 Å². The molecule has 1 aliphatic heterocycles. The summed E-state index contributed by atoms with van der Waals surface area (Å²) in [5.74, 6) is 0.732. The lowest BCUT2D eigenvalue weighted by atomic mass is 10.1. The predicted molar refractivity (Wildman–Crippen MR) is 136 cm³/mol. The second-order valence-corrected chi connectivity index (χ2v) is 8.83. The number of hydrogen-bond donors (Lipinski definition) is 0. The van der Waals surface area contributed by atoms with E-state index in [9.17, 15) is 0 Å². The first-order valence-corrected chi connectivity index (χ1v) is 12.1. The fourth-order valence-corrected chi connectivity index (χ4v) is 4.39. The Morgan fingerprint density at radius 2 is 1.43 bits per heavy atom. The minimum Gasteiger partial charge on any atom is -0.374 e. The second-order valence-electron chi connectivity index (χ2n) is 8.83. The third-order valence-electron chi connectivity index (χ3n) is 6.16. The largest absolute Gasteiger partial charge is 0.374 e. The standard InChI is InChI=1S/C30H30N2O3/c1-22-31-26(25-15-9-4-10-16-25)17-27(32-22)28-18-29(34-20-24-13-7-3-8-14-24)30(35-28)21-33-19-23-11-5-2-6-12-23/h2-17,28-30H,18-21H2,1H3. The quantitative estimate of drug-likeness (QED) is 0.299. The van der Waals surface area contributed by atoms with Crippen LogP contribution in [0.1, 0.15) is 35.2 Å². The van der Waals surface area contributed by atoms with Gasteiger partial charge in [0.2, 0.25) is 0 Å². The lowest BCUT2D eigenvalue weighted by Crippen LogP contribution is -2.29. The first-order valence-electron chi connectivity index (χ1n) is 12.1. The zero-order valence-corrected chi connectivity index (χ0v) is 19.9. The molecule has 178 valence electrons. The number of ether oxygens (including phenoxy) is 3. The molecule has 2 heterocycles. The summed E-state index contributed by atoms with van der Waals surface area (Å²) >= 11 is 0. The average Bonchev–Trinajstić information content (AvgIpc) is 3.32. The normalized spacial score (nSPS) is 19.6. The van der Waals surface area contributed by atoms with Crippen LogP contribution >= 0.6 is 0 Å². The number of hydrogen-bond acceptors (Lipinski definition) is 5. The Kier molecular flexibility index (Phi) is 7.59. The van der Waals surface area contributed by atoms with E-state index in [1.165, 1.54) is 0 Å². The van der Waals surface area contributed by atoms with E-state index in [0.29, 0.717) is 19.8 Å². The molecule has 1 aromatic heterocycles. The van der Waals surface area contributed by atoms with E-state index in [-0.39, 0.29) is 18.3 Å². The van der Waals surface area contributed by atoms with Crippen LogP contribution in [-0.4, -0.2) is 28.8 Å². The molecule has 0 spiro atoms. The third kappa shape index (κ3) is 6.20. The van der Waals surface area contributed by atoms with E-state index in [1.54, 1.807) is 0 Å². The van der Waals surface area contributed by atoms with Gasteiger partial charge in [-0.05, 0) is 24.1 Å². The highest BCUT2D eigenvalue weighted by Crippen LogP contribution is 2.36. The minimum atomic E-state index is -0.178. The molecule has 5 heteroatoms. The van der Waals surface area contributed by atoms with Crippen LogP contribution in [0.25, 0.3) is 11.3 Å². The van der Waals surface area contributed by atoms with Crippen LogP contribution in [0.5, 0.6) is 0 Å². The lowest BCUT2D eigenvalue weighted by molar-refractivity contribution is -0.0720. The van der Waals surface area contributed by atoms with Crippen LogP contribution in [0.4, 0.5) is 0 Å². The molecule has 0 bridgehead atoms. The van der Waals surface area contributed by atoms with Gasteiger partial charge in [-0.2, -0.15) is 0 Å². The number of aryl methyl sites for hydroxylation is 1. The van der Waals surface area contributed by atoms with Crippen molar-refractivity contribution in [2.24, 2.45) is 0 Å². The van der Waals surface area contributed by atoms with E-state index in [2.05, 4.69) is 41.4 Å². The molecule has 0 amide bonds. The Morgan fingerprint density at radius 3 is 2.11 bits per heavy atom. The maximum atomic E-state index is 6.49. The number of rotatable bonds is 9. The molecule has 3 aromatic carbocycles. The monoisotopic (exact) mass is 466 g/mol. The van der Waals surface area contributed by atoms with Gasteiger partial charge in [-0.3, -0.25) is 0 Å². The van der Waals surface area contributed by atoms with Gasteiger partial charge >= 0.3 is 0 Å². The second kappa shape index (κ2) is 11.4. The summed E-state index contributed by atoms with van der Waals surface area (Å²) in [6, 6.07) is 32.6. The molecule has 3 unspecified atom stereocenters. The summed E-state index contributed by atoms with van der Waals surface area (Å²) in [7, 11) is 0. The highest BCUT2D eigenvalue weighted by atomic mass is 16.6. The fraction of sp³-hybridized carbons (Fsp3) is 0.267.